The Bertz CT molecular complexity index is 1110. The first kappa shape index (κ1) is 21.8. The molecule has 4 rings (SSSR count). The third-order valence-corrected chi connectivity index (χ3v) is 5.73. The van der Waals surface area contributed by atoms with Crippen LogP contribution < -0.4 is 15.5 Å². The molecular weight excluding hydrogens is 406 g/mol. The Morgan fingerprint density at radius 1 is 1.31 bits per heavy atom. The van der Waals surface area contributed by atoms with Gasteiger partial charge in [0.05, 0.1) is 6.20 Å². The second kappa shape index (κ2) is 9.78. The lowest BCUT2D eigenvalue weighted by molar-refractivity contribution is -0.111. The van der Waals surface area contributed by atoms with Crippen LogP contribution in [0.25, 0.3) is 5.65 Å². The summed E-state index contributed by atoms with van der Waals surface area (Å²) in [6.45, 7) is 6.57. The molecule has 9 nitrogen and oxygen atoms in total. The smallest absolute Gasteiger partial charge is 0.247 e. The molecule has 9 heteroatoms. The molecule has 3 aromatic rings. The van der Waals surface area contributed by atoms with Crippen molar-refractivity contribution >= 4 is 34.8 Å². The van der Waals surface area contributed by atoms with Crippen molar-refractivity contribution in [2.24, 2.45) is 0 Å². The third-order valence-electron chi connectivity index (χ3n) is 5.73. The van der Waals surface area contributed by atoms with Gasteiger partial charge in [-0.15, -0.1) is 0 Å². The lowest BCUT2D eigenvalue weighted by Crippen LogP contribution is -2.41. The van der Waals surface area contributed by atoms with E-state index in [1.54, 1.807) is 4.52 Å². The summed E-state index contributed by atoms with van der Waals surface area (Å²) in [6, 6.07) is 7.60. The molecule has 0 saturated carbocycles. The Balaban J connectivity index is 1.72. The number of piperidine rings is 1. The van der Waals surface area contributed by atoms with Gasteiger partial charge < -0.3 is 20.6 Å². The van der Waals surface area contributed by atoms with Crippen LogP contribution in [-0.4, -0.2) is 49.8 Å². The van der Waals surface area contributed by atoms with Gasteiger partial charge in [0.2, 0.25) is 17.8 Å². The van der Waals surface area contributed by atoms with Crippen LogP contribution in [-0.2, 0) is 11.2 Å². The van der Waals surface area contributed by atoms with Crippen molar-refractivity contribution in [3.05, 3.63) is 48.7 Å². The molecule has 32 heavy (non-hydrogen) atoms. The van der Waals surface area contributed by atoms with Crippen LogP contribution in [0.4, 0.5) is 23.3 Å². The van der Waals surface area contributed by atoms with E-state index in [9.17, 15) is 9.90 Å². The van der Waals surface area contributed by atoms with E-state index < -0.39 is 0 Å². The average molecular weight is 436 g/mol. The van der Waals surface area contributed by atoms with Crippen LogP contribution >= 0.6 is 0 Å². The molecule has 168 valence electrons. The SMILES string of the molecule is C=CC(=O)Nc1cccc(Nc2nc(N3CCCC[C@H]3CCO)nc3c(CC)cnn23)c1. The summed E-state index contributed by atoms with van der Waals surface area (Å²) in [6.07, 6.45) is 7.79. The number of aryl methyl sites for hydroxylation is 1. The number of aromatic nitrogens is 4. The minimum atomic E-state index is -0.270. The molecule has 1 aromatic carbocycles. The minimum absolute atomic E-state index is 0.143. The molecule has 2 aromatic heterocycles. The van der Waals surface area contributed by atoms with E-state index in [0.717, 1.165) is 49.1 Å². The Labute approximate surface area is 187 Å². The van der Waals surface area contributed by atoms with Gasteiger partial charge in [-0.1, -0.05) is 19.6 Å². The first-order valence-electron chi connectivity index (χ1n) is 11.1. The number of hydrogen-bond acceptors (Lipinski definition) is 7. The Kier molecular flexibility index (Phi) is 6.65. The van der Waals surface area contributed by atoms with E-state index in [1.807, 2.05) is 30.5 Å². The number of anilines is 4. The molecule has 3 N–H and O–H groups in total. The lowest BCUT2D eigenvalue weighted by atomic mass is 10.0. The van der Waals surface area contributed by atoms with E-state index in [1.165, 1.54) is 6.08 Å². The second-order valence-electron chi connectivity index (χ2n) is 7.86. The highest BCUT2D eigenvalue weighted by molar-refractivity contribution is 5.99. The zero-order chi connectivity index (χ0) is 22.5. The van der Waals surface area contributed by atoms with Crippen LogP contribution in [0.15, 0.2) is 43.1 Å². The fourth-order valence-corrected chi connectivity index (χ4v) is 4.08. The van der Waals surface area contributed by atoms with Crippen molar-refractivity contribution in [3.8, 4) is 0 Å². The maximum absolute atomic E-state index is 11.7. The summed E-state index contributed by atoms with van der Waals surface area (Å²) < 4.78 is 1.71. The molecule has 1 aliphatic rings. The number of fused-ring (bicyclic) bond motifs is 1. The molecule has 0 radical (unpaired) electrons. The first-order valence-corrected chi connectivity index (χ1v) is 11.1. The zero-order valence-corrected chi connectivity index (χ0v) is 18.3. The number of carbonyl (C=O) groups is 1. The van der Waals surface area contributed by atoms with Crippen molar-refractivity contribution in [2.45, 2.75) is 45.1 Å². The van der Waals surface area contributed by atoms with E-state index in [0.29, 0.717) is 24.0 Å². The number of aliphatic hydroxyl groups excluding tert-OH is 1. The quantitative estimate of drug-likeness (QED) is 0.466. The van der Waals surface area contributed by atoms with Gasteiger partial charge in [0.15, 0.2) is 5.65 Å². The number of nitrogens with zero attached hydrogens (tertiary/aromatic N) is 5. The Morgan fingerprint density at radius 3 is 2.94 bits per heavy atom. The van der Waals surface area contributed by atoms with Gasteiger partial charge in [-0.3, -0.25) is 4.79 Å². The van der Waals surface area contributed by atoms with E-state index in [4.69, 9.17) is 9.97 Å². The molecule has 1 atom stereocenters. The highest BCUT2D eigenvalue weighted by Gasteiger charge is 2.26. The average Bonchev–Trinajstić information content (AvgIpc) is 3.23. The Hall–Kier alpha value is -3.46. The maximum Gasteiger partial charge on any atom is 0.247 e. The number of benzene rings is 1. The normalized spacial score (nSPS) is 16.2. The van der Waals surface area contributed by atoms with Crippen LogP contribution in [0.5, 0.6) is 0 Å². The predicted molar refractivity (Wildman–Crippen MR) is 125 cm³/mol. The fraction of sp³-hybridized carbons (Fsp3) is 0.391. The molecule has 0 bridgehead atoms. The standard InChI is InChI=1S/C23H29N7O2/c1-3-16-15-24-30-21(16)27-22(29-12-6-5-10-19(29)11-13-31)28-23(30)26-18-9-7-8-17(14-18)25-20(32)4-2/h4,7-9,14-15,19,31H,2-3,5-6,10-13H2,1H3,(H,25,32)(H,26,27,28)/t19-/m0/s1. The summed E-state index contributed by atoms with van der Waals surface area (Å²) in [5, 5.41) is 20.1. The highest BCUT2D eigenvalue weighted by Crippen LogP contribution is 2.27. The van der Waals surface area contributed by atoms with Gasteiger partial charge in [-0.05, 0) is 56.4 Å². The number of hydrogen-bond donors (Lipinski definition) is 3. The van der Waals surface area contributed by atoms with Crippen molar-refractivity contribution in [1.82, 2.24) is 19.6 Å². The van der Waals surface area contributed by atoms with E-state index in [2.05, 4.69) is 34.1 Å². The monoisotopic (exact) mass is 435 g/mol. The number of carbonyl (C=O) groups excluding carboxylic acids is 1. The summed E-state index contributed by atoms with van der Waals surface area (Å²) in [5.74, 6) is 0.920. The summed E-state index contributed by atoms with van der Waals surface area (Å²) in [4.78, 5) is 23.5. The third kappa shape index (κ3) is 4.57. The first-order chi connectivity index (χ1) is 15.6. The Morgan fingerprint density at radius 2 is 2.16 bits per heavy atom. The van der Waals surface area contributed by atoms with Gasteiger partial charge in [-0.25, -0.2) is 0 Å². The molecule has 0 spiro atoms. The molecule has 1 amide bonds. The molecule has 3 heterocycles. The predicted octanol–water partition coefficient (Wildman–Crippen LogP) is 3.30. The largest absolute Gasteiger partial charge is 0.396 e. The van der Waals surface area contributed by atoms with Crippen molar-refractivity contribution in [2.75, 3.05) is 28.7 Å². The minimum Gasteiger partial charge on any atom is -0.396 e. The molecule has 0 aliphatic carbocycles. The van der Waals surface area contributed by atoms with Crippen LogP contribution in [0, 0.1) is 0 Å². The fourth-order valence-electron chi connectivity index (χ4n) is 4.08. The summed E-state index contributed by atoms with van der Waals surface area (Å²) >= 11 is 0. The molecule has 1 saturated heterocycles. The van der Waals surface area contributed by atoms with Crippen molar-refractivity contribution in [3.63, 3.8) is 0 Å². The second-order valence-corrected chi connectivity index (χ2v) is 7.86. The zero-order valence-electron chi connectivity index (χ0n) is 18.3. The molecule has 0 unspecified atom stereocenters. The number of rotatable bonds is 8. The van der Waals surface area contributed by atoms with E-state index in [-0.39, 0.29) is 18.6 Å². The van der Waals surface area contributed by atoms with Crippen LogP contribution in [0.1, 0.15) is 38.2 Å². The van der Waals surface area contributed by atoms with Crippen molar-refractivity contribution < 1.29 is 9.90 Å². The van der Waals surface area contributed by atoms with Crippen molar-refractivity contribution in [1.29, 1.82) is 0 Å². The van der Waals surface area contributed by atoms with Gasteiger partial charge in [-0.2, -0.15) is 19.6 Å². The highest BCUT2D eigenvalue weighted by atomic mass is 16.3. The van der Waals surface area contributed by atoms with E-state index >= 15 is 0 Å². The number of aliphatic hydroxyl groups is 1. The maximum atomic E-state index is 11.7. The molecule has 1 fully saturated rings. The number of amides is 1. The van der Waals surface area contributed by atoms with Gasteiger partial charge in [0.25, 0.3) is 0 Å². The topological polar surface area (TPSA) is 108 Å². The summed E-state index contributed by atoms with van der Waals surface area (Å²) in [7, 11) is 0. The van der Waals surface area contributed by atoms with Gasteiger partial charge in [0, 0.05) is 36.1 Å². The van der Waals surface area contributed by atoms with Crippen LogP contribution in [0.3, 0.4) is 0 Å². The molecule has 1 aliphatic heterocycles. The lowest BCUT2D eigenvalue weighted by Gasteiger charge is -2.35. The molecular formula is C23H29N7O2. The summed E-state index contributed by atoms with van der Waals surface area (Å²) in [5.41, 5.74) is 3.22. The van der Waals surface area contributed by atoms with Gasteiger partial charge >= 0.3 is 0 Å². The van der Waals surface area contributed by atoms with Gasteiger partial charge in [0.1, 0.15) is 0 Å². The number of nitrogens with one attached hydrogen (secondary N) is 2. The van der Waals surface area contributed by atoms with Crippen LogP contribution in [0.2, 0.25) is 0 Å².